The van der Waals surface area contributed by atoms with Crippen molar-refractivity contribution >= 4 is 20.2 Å². The van der Waals surface area contributed by atoms with Crippen LogP contribution in [0.1, 0.15) is 31.2 Å². The van der Waals surface area contributed by atoms with Gasteiger partial charge < -0.3 is 37.5 Å². The van der Waals surface area contributed by atoms with Gasteiger partial charge in [-0.05, 0) is 50.3 Å². The zero-order valence-corrected chi connectivity index (χ0v) is 31.1. The van der Waals surface area contributed by atoms with Crippen LogP contribution in [0.2, 0.25) is 0 Å². The van der Waals surface area contributed by atoms with Crippen LogP contribution in [0.3, 0.4) is 0 Å². The number of hydrogen-bond acceptors (Lipinski definition) is 12. The number of aryl methyl sites for hydroxylation is 1. The molecule has 0 heterocycles. The van der Waals surface area contributed by atoms with Gasteiger partial charge in [0.05, 0.1) is 59.9 Å². The maximum atomic E-state index is 10.5. The summed E-state index contributed by atoms with van der Waals surface area (Å²) >= 11 is 0. The van der Waals surface area contributed by atoms with Gasteiger partial charge in [-0.25, -0.2) is 16.8 Å². The molecule has 39 heavy (non-hydrogen) atoms. The first-order chi connectivity index (χ1) is 17.6. The average molecular weight is 649 g/mol. The Morgan fingerprint density at radius 3 is 1.38 bits per heavy atom. The number of unbranched alkanes of at least 4 members (excludes halogenated alkanes) is 2. The van der Waals surface area contributed by atoms with Crippen LogP contribution in [0, 0.1) is 6.92 Å². The van der Waals surface area contributed by atoms with Crippen LogP contribution >= 0.6 is 0 Å². The maximum Gasteiger partial charge on any atom is 1.00 e. The van der Waals surface area contributed by atoms with Crippen molar-refractivity contribution in [1.29, 1.82) is 0 Å². The quantitative estimate of drug-likeness (QED) is 0.0599. The Morgan fingerprint density at radius 2 is 0.949 bits per heavy atom. The summed E-state index contributed by atoms with van der Waals surface area (Å²) in [5.74, 6) is 0.432. The van der Waals surface area contributed by atoms with Crippen molar-refractivity contribution in [3.8, 4) is 11.5 Å². The summed E-state index contributed by atoms with van der Waals surface area (Å²) in [5.41, 5.74) is 1.02. The van der Waals surface area contributed by atoms with Gasteiger partial charge in [-0.15, -0.1) is 0 Å². The van der Waals surface area contributed by atoms with E-state index in [4.69, 9.17) is 28.4 Å². The molecule has 0 fully saturated rings. The molecule has 0 N–H and O–H groups in total. The van der Waals surface area contributed by atoms with Gasteiger partial charge in [0.25, 0.3) is 0 Å². The molecular weight excluding hydrogens is 611 g/mol. The van der Waals surface area contributed by atoms with E-state index in [2.05, 4.69) is 0 Å². The first kappa shape index (κ1) is 42.9. The summed E-state index contributed by atoms with van der Waals surface area (Å²) in [6, 6.07) is 5.60. The summed E-state index contributed by atoms with van der Waals surface area (Å²) in [6.45, 7) is 5.46. The van der Waals surface area contributed by atoms with Crippen molar-refractivity contribution in [1.82, 2.24) is 0 Å². The van der Waals surface area contributed by atoms with Gasteiger partial charge in [-0.2, -0.15) is 0 Å². The Morgan fingerprint density at radius 1 is 0.564 bits per heavy atom. The predicted octanol–water partition coefficient (Wildman–Crippen LogP) is -4.52. The van der Waals surface area contributed by atoms with Crippen molar-refractivity contribution in [2.45, 2.75) is 32.6 Å². The summed E-state index contributed by atoms with van der Waals surface area (Å²) in [4.78, 5) is 0. The summed E-state index contributed by atoms with van der Waals surface area (Å²) in [5, 5.41) is 0. The molecule has 216 valence electrons. The van der Waals surface area contributed by atoms with Gasteiger partial charge in [0.15, 0.2) is 11.5 Å². The van der Waals surface area contributed by atoms with Gasteiger partial charge in [0.1, 0.15) is 13.2 Å². The zero-order valence-electron chi connectivity index (χ0n) is 23.3. The number of hydrogen-bond donors (Lipinski definition) is 0. The molecule has 0 amide bonds. The van der Waals surface area contributed by atoms with Crippen molar-refractivity contribution in [3.63, 3.8) is 0 Å². The number of rotatable bonds is 24. The molecule has 1 rings (SSSR count). The third-order valence-electron chi connectivity index (χ3n) is 4.68. The fraction of sp³-hybridized carbons (Fsp3) is 0.739. The van der Waals surface area contributed by atoms with Gasteiger partial charge in [0, 0.05) is 24.7 Å². The van der Waals surface area contributed by atoms with E-state index in [0.29, 0.717) is 90.4 Å². The maximum absolute atomic E-state index is 10.5. The summed E-state index contributed by atoms with van der Waals surface area (Å²) < 4.78 is 96.1. The zero-order chi connectivity index (χ0) is 27.4. The minimum Gasteiger partial charge on any atom is -0.748 e. The molecule has 0 aliphatic carbocycles. The summed E-state index contributed by atoms with van der Waals surface area (Å²) in [7, 11) is -8.32. The number of ether oxygens (including phenoxy) is 6. The fourth-order valence-corrected chi connectivity index (χ4v) is 3.99. The molecule has 12 nitrogen and oxygen atoms in total. The topological polar surface area (TPSA) is 170 Å². The molecule has 0 saturated heterocycles. The van der Waals surface area contributed by atoms with E-state index >= 15 is 0 Å². The monoisotopic (exact) mass is 648 g/mol. The fourth-order valence-electron chi connectivity index (χ4n) is 2.88. The first-order valence-electron chi connectivity index (χ1n) is 12.1. The first-order valence-corrected chi connectivity index (χ1v) is 15.3. The molecule has 0 unspecified atom stereocenters. The second-order valence-corrected chi connectivity index (χ2v) is 11.1. The van der Waals surface area contributed by atoms with Crippen LogP contribution in [0.15, 0.2) is 18.2 Å². The molecule has 0 atom stereocenters. The van der Waals surface area contributed by atoms with Crippen molar-refractivity contribution in [2.75, 3.05) is 77.6 Å². The van der Waals surface area contributed by atoms with Gasteiger partial charge in [0.2, 0.25) is 0 Å². The molecule has 0 aliphatic heterocycles. The van der Waals surface area contributed by atoms with Crippen LogP contribution in [0.4, 0.5) is 0 Å². The van der Waals surface area contributed by atoms with Crippen molar-refractivity contribution < 1.29 is 157 Å². The Labute approximate surface area is 317 Å². The van der Waals surface area contributed by atoms with Gasteiger partial charge >= 0.3 is 103 Å². The predicted molar refractivity (Wildman–Crippen MR) is 133 cm³/mol. The molecular formula is C23H38K2O12S2. The minimum absolute atomic E-state index is 0. The largest absolute Gasteiger partial charge is 1.00 e. The molecule has 0 aromatic heterocycles. The Bertz CT molecular complexity index is 946. The van der Waals surface area contributed by atoms with E-state index in [1.165, 1.54) is 0 Å². The van der Waals surface area contributed by atoms with Crippen molar-refractivity contribution in [2.24, 2.45) is 0 Å². The van der Waals surface area contributed by atoms with Crippen LogP contribution < -0.4 is 112 Å². The number of benzene rings is 1. The molecule has 0 aliphatic rings. The molecule has 0 saturated carbocycles. The minimum atomic E-state index is -4.16. The Balaban J connectivity index is 0. The molecule has 0 radical (unpaired) electrons. The van der Waals surface area contributed by atoms with E-state index in [1.807, 2.05) is 25.1 Å². The molecule has 16 heteroatoms. The third kappa shape index (κ3) is 28.3. The van der Waals surface area contributed by atoms with Gasteiger partial charge in [-0.1, -0.05) is 6.07 Å². The second kappa shape index (κ2) is 26.2. The third-order valence-corrected chi connectivity index (χ3v) is 6.26. The molecule has 1 aromatic rings. The van der Waals surface area contributed by atoms with Crippen molar-refractivity contribution in [3.05, 3.63) is 23.8 Å². The SMILES string of the molecule is Cc1ccc(OCCOCCOCCCCS(=O)(=O)[O-])c(OCCOCCOCCCCS(=O)(=O)[O-])c1.[K+].[K+]. The van der Waals surface area contributed by atoms with E-state index in [-0.39, 0.29) is 127 Å². The second-order valence-electron chi connectivity index (χ2n) is 8.03. The van der Waals surface area contributed by atoms with E-state index in [9.17, 15) is 25.9 Å². The molecule has 0 spiro atoms. The summed E-state index contributed by atoms with van der Waals surface area (Å²) in [6.07, 6.45) is 1.56. The van der Waals surface area contributed by atoms with Crippen LogP contribution in [-0.2, 0) is 39.2 Å². The Kier molecular flexibility index (Phi) is 28.8. The van der Waals surface area contributed by atoms with Crippen LogP contribution in [-0.4, -0.2) is 104 Å². The van der Waals surface area contributed by atoms with Crippen LogP contribution in [0.5, 0.6) is 11.5 Å². The van der Waals surface area contributed by atoms with E-state index in [0.717, 1.165) is 5.56 Å². The standard InChI is InChI=1S/C23H40O12S2.2K/c1-21-6-7-22(34-16-14-32-12-10-30-8-2-4-18-36(24,25)26)23(20-21)35-17-15-33-13-11-31-9-3-5-19-37(27,28)29;;/h6-7,20H,2-5,8-19H2,1H3,(H,24,25,26)(H,27,28,29);;/q;2*+1/p-2. The van der Waals surface area contributed by atoms with E-state index in [1.54, 1.807) is 0 Å². The smallest absolute Gasteiger partial charge is 0.748 e. The normalized spacial score (nSPS) is 11.5. The average Bonchev–Trinajstić information content (AvgIpc) is 2.80. The van der Waals surface area contributed by atoms with Crippen LogP contribution in [0.25, 0.3) is 0 Å². The Hall–Kier alpha value is 1.75. The van der Waals surface area contributed by atoms with Gasteiger partial charge in [-0.3, -0.25) is 0 Å². The molecule has 0 bridgehead atoms. The van der Waals surface area contributed by atoms with E-state index < -0.39 is 20.2 Å². The molecule has 1 aromatic carbocycles.